The van der Waals surface area contributed by atoms with Gasteiger partial charge in [0.1, 0.15) is 0 Å². The molecule has 0 aromatic rings. The highest BCUT2D eigenvalue weighted by Crippen LogP contribution is 2.04. The third kappa shape index (κ3) is 9.10. The summed E-state index contributed by atoms with van der Waals surface area (Å²) in [6, 6.07) is 0. The SMILES string of the molecule is CO[Si](OC)(OC)OC.O=S(Cl)Cl. The minimum atomic E-state index is -2.69. The van der Waals surface area contributed by atoms with Gasteiger partial charge in [0.2, 0.25) is 9.23 Å². The molecule has 0 rings (SSSR count). The highest BCUT2D eigenvalue weighted by atomic mass is 36.0. The van der Waals surface area contributed by atoms with E-state index in [2.05, 4.69) is 21.4 Å². The Bertz CT molecular complexity index is 123. The van der Waals surface area contributed by atoms with E-state index >= 15 is 0 Å². The molecule has 0 atom stereocenters. The lowest BCUT2D eigenvalue weighted by Crippen LogP contribution is -2.45. The van der Waals surface area contributed by atoms with Crippen LogP contribution >= 0.6 is 21.4 Å². The quantitative estimate of drug-likeness (QED) is 0.565. The zero-order chi connectivity index (χ0) is 10.9. The number of halogens is 2. The Kier molecular flexibility index (Phi) is 11.7. The first-order valence-electron chi connectivity index (χ1n) is 2.92. The minimum Gasteiger partial charge on any atom is -0.355 e. The second-order valence-electron chi connectivity index (χ2n) is 1.50. The van der Waals surface area contributed by atoms with Crippen molar-refractivity contribution in [3.05, 3.63) is 0 Å². The Labute approximate surface area is 90.2 Å². The Balaban J connectivity index is 0. The molecule has 0 N–H and O–H groups in total. The van der Waals surface area contributed by atoms with Crippen molar-refractivity contribution in [2.75, 3.05) is 28.4 Å². The maximum absolute atomic E-state index is 9.09. The van der Waals surface area contributed by atoms with Crippen molar-refractivity contribution >= 4 is 39.6 Å². The summed E-state index contributed by atoms with van der Waals surface area (Å²) in [6.45, 7) is 0. The molecule has 13 heavy (non-hydrogen) atoms. The minimum absolute atomic E-state index is 1.49. The Hall–Kier alpha value is 0.787. The van der Waals surface area contributed by atoms with E-state index in [9.17, 15) is 0 Å². The predicted molar refractivity (Wildman–Crippen MR) is 53.6 cm³/mol. The highest BCUT2D eigenvalue weighted by Gasteiger charge is 2.40. The smallest absolute Gasteiger partial charge is 0.355 e. The molecule has 0 fully saturated rings. The summed E-state index contributed by atoms with van der Waals surface area (Å²) >= 11 is 0. The van der Waals surface area contributed by atoms with Crippen LogP contribution in [0.2, 0.25) is 0 Å². The number of rotatable bonds is 4. The lowest BCUT2D eigenvalue weighted by molar-refractivity contribution is 0.0226. The van der Waals surface area contributed by atoms with Crippen LogP contribution in [0.3, 0.4) is 0 Å². The van der Waals surface area contributed by atoms with Gasteiger partial charge in [-0.1, -0.05) is 0 Å². The molecule has 9 heteroatoms. The zero-order valence-corrected chi connectivity index (χ0v) is 11.0. The first kappa shape index (κ1) is 16.2. The summed E-state index contributed by atoms with van der Waals surface area (Å²) in [4.78, 5) is 0. The first-order valence-corrected chi connectivity index (χ1v) is 7.36. The first-order chi connectivity index (χ1) is 5.97. The predicted octanol–water partition coefficient (Wildman–Crippen LogP) is 1.05. The fourth-order valence-corrected chi connectivity index (χ4v) is 1.50. The van der Waals surface area contributed by atoms with Crippen LogP contribution in [-0.2, 0) is 26.9 Å². The number of hydrogen-bond acceptors (Lipinski definition) is 5. The summed E-state index contributed by atoms with van der Waals surface area (Å²) in [5.74, 6) is 0. The van der Waals surface area contributed by atoms with E-state index in [-0.39, 0.29) is 0 Å². The average Bonchev–Trinajstić information content (AvgIpc) is 2.09. The van der Waals surface area contributed by atoms with Gasteiger partial charge in [0.05, 0.1) is 0 Å². The number of hydrogen-bond donors (Lipinski definition) is 0. The van der Waals surface area contributed by atoms with Crippen LogP contribution in [0.15, 0.2) is 0 Å². The van der Waals surface area contributed by atoms with Crippen LogP contribution in [0.4, 0.5) is 0 Å². The van der Waals surface area contributed by atoms with Crippen molar-refractivity contribution in [1.82, 2.24) is 0 Å². The van der Waals surface area contributed by atoms with Gasteiger partial charge in [-0.3, -0.25) is 0 Å². The average molecular weight is 271 g/mol. The van der Waals surface area contributed by atoms with Crippen LogP contribution in [-0.4, -0.2) is 41.7 Å². The fourth-order valence-electron chi connectivity index (χ4n) is 0.500. The topological polar surface area (TPSA) is 54.0 Å². The molecule has 0 aliphatic heterocycles. The maximum atomic E-state index is 9.09. The second-order valence-corrected chi connectivity index (χ2v) is 6.66. The Morgan fingerprint density at radius 2 is 1.08 bits per heavy atom. The summed E-state index contributed by atoms with van der Waals surface area (Å²) < 4.78 is 28.5. The Morgan fingerprint density at radius 1 is 0.923 bits per heavy atom. The molecule has 0 aliphatic carbocycles. The molecular formula is C4H12Cl2O5SSi. The third-order valence-electron chi connectivity index (χ3n) is 1.00. The van der Waals surface area contributed by atoms with E-state index < -0.39 is 18.3 Å². The van der Waals surface area contributed by atoms with E-state index in [1.165, 1.54) is 28.4 Å². The molecule has 0 amide bonds. The fraction of sp³-hybridized carbons (Fsp3) is 1.00. The van der Waals surface area contributed by atoms with Gasteiger partial charge in [-0.05, 0) is 0 Å². The van der Waals surface area contributed by atoms with Crippen LogP contribution in [0.5, 0.6) is 0 Å². The van der Waals surface area contributed by atoms with Gasteiger partial charge in [0.15, 0.2) is 0 Å². The van der Waals surface area contributed by atoms with Gasteiger partial charge in [-0.15, -0.1) is 0 Å². The van der Waals surface area contributed by atoms with Gasteiger partial charge in [0, 0.05) is 49.8 Å². The third-order valence-corrected chi connectivity index (χ3v) is 3.00. The molecule has 0 bridgehead atoms. The molecule has 0 saturated heterocycles. The lowest BCUT2D eigenvalue weighted by atomic mass is 11.8. The van der Waals surface area contributed by atoms with Crippen molar-refractivity contribution in [3.8, 4) is 0 Å². The van der Waals surface area contributed by atoms with Crippen LogP contribution in [0.25, 0.3) is 0 Å². The molecular weight excluding hydrogens is 259 g/mol. The van der Waals surface area contributed by atoms with Gasteiger partial charge < -0.3 is 17.7 Å². The molecule has 0 unspecified atom stereocenters. The Morgan fingerprint density at radius 3 is 1.08 bits per heavy atom. The van der Waals surface area contributed by atoms with Crippen molar-refractivity contribution in [2.45, 2.75) is 0 Å². The van der Waals surface area contributed by atoms with Gasteiger partial charge in [-0.25, -0.2) is 4.21 Å². The second kappa shape index (κ2) is 9.35. The van der Waals surface area contributed by atoms with Crippen molar-refractivity contribution in [1.29, 1.82) is 0 Å². The molecule has 0 spiro atoms. The van der Waals surface area contributed by atoms with Gasteiger partial charge in [0.25, 0.3) is 0 Å². The molecule has 0 aliphatic rings. The van der Waals surface area contributed by atoms with Crippen molar-refractivity contribution in [2.24, 2.45) is 0 Å². The summed E-state index contributed by atoms with van der Waals surface area (Å²) in [7, 11) is 10.6. The highest BCUT2D eigenvalue weighted by molar-refractivity contribution is 8.26. The zero-order valence-electron chi connectivity index (χ0n) is 7.71. The molecule has 0 aromatic heterocycles. The van der Waals surface area contributed by atoms with E-state index in [4.69, 9.17) is 21.9 Å². The monoisotopic (exact) mass is 270 g/mol. The van der Waals surface area contributed by atoms with Crippen LogP contribution < -0.4 is 0 Å². The summed E-state index contributed by atoms with van der Waals surface area (Å²) in [6.07, 6.45) is 0. The summed E-state index contributed by atoms with van der Waals surface area (Å²) in [5.41, 5.74) is 0. The lowest BCUT2D eigenvalue weighted by Gasteiger charge is -2.19. The molecule has 5 nitrogen and oxygen atoms in total. The van der Waals surface area contributed by atoms with E-state index in [1.807, 2.05) is 0 Å². The molecule has 0 saturated carbocycles. The molecule has 0 radical (unpaired) electrons. The standard InChI is InChI=1S/C4H12O4Si.Cl2OS/c1-5-9(6-2,7-3)8-4;1-4(2)3/h1-4H3;. The normalized spacial score (nSPS) is 11.0. The largest absolute Gasteiger partial charge is 0.678 e. The van der Waals surface area contributed by atoms with E-state index in [1.54, 1.807) is 0 Å². The van der Waals surface area contributed by atoms with E-state index in [0.29, 0.717) is 0 Å². The van der Waals surface area contributed by atoms with Gasteiger partial charge in [-0.2, -0.15) is 0 Å². The summed E-state index contributed by atoms with van der Waals surface area (Å²) in [5, 5.41) is 0. The van der Waals surface area contributed by atoms with Crippen LogP contribution in [0.1, 0.15) is 0 Å². The molecule has 0 heterocycles. The van der Waals surface area contributed by atoms with Gasteiger partial charge >= 0.3 is 9.05 Å². The molecule has 82 valence electrons. The van der Waals surface area contributed by atoms with Crippen molar-refractivity contribution < 1.29 is 21.9 Å². The molecule has 0 aromatic carbocycles. The van der Waals surface area contributed by atoms with E-state index in [0.717, 1.165) is 0 Å². The maximum Gasteiger partial charge on any atom is 0.678 e. The van der Waals surface area contributed by atoms with Crippen molar-refractivity contribution in [3.63, 3.8) is 0 Å². The van der Waals surface area contributed by atoms with Crippen LogP contribution in [0, 0.1) is 0 Å².